The van der Waals surface area contributed by atoms with Gasteiger partial charge < -0.3 is 14.4 Å². The van der Waals surface area contributed by atoms with Crippen LogP contribution in [0.25, 0.3) is 0 Å². The summed E-state index contributed by atoms with van der Waals surface area (Å²) in [6.07, 6.45) is 4.17. The van der Waals surface area contributed by atoms with Crippen LogP contribution in [0.1, 0.15) is 32.8 Å². The van der Waals surface area contributed by atoms with E-state index < -0.39 is 5.60 Å². The Labute approximate surface area is 119 Å². The van der Waals surface area contributed by atoms with Crippen LogP contribution in [0.5, 0.6) is 0 Å². The van der Waals surface area contributed by atoms with Crippen LogP contribution in [0.2, 0.25) is 0 Å². The van der Waals surface area contributed by atoms with Gasteiger partial charge in [0.1, 0.15) is 5.60 Å². The first-order valence-corrected chi connectivity index (χ1v) is 6.92. The van der Waals surface area contributed by atoms with Gasteiger partial charge in [0.2, 0.25) is 0 Å². The number of likely N-dealkylation sites (tertiary alicyclic amines) is 1. The zero-order chi connectivity index (χ0) is 14.6. The van der Waals surface area contributed by atoms with Crippen molar-refractivity contribution in [3.05, 3.63) is 30.1 Å². The van der Waals surface area contributed by atoms with Gasteiger partial charge in [0.05, 0.1) is 19.3 Å². The molecule has 0 N–H and O–H groups in total. The van der Waals surface area contributed by atoms with Crippen LogP contribution >= 0.6 is 0 Å². The van der Waals surface area contributed by atoms with Gasteiger partial charge >= 0.3 is 6.09 Å². The van der Waals surface area contributed by atoms with Crippen molar-refractivity contribution in [2.24, 2.45) is 0 Å². The molecular weight excluding hydrogens is 256 g/mol. The largest absolute Gasteiger partial charge is 0.444 e. The summed E-state index contributed by atoms with van der Waals surface area (Å²) >= 11 is 0. The van der Waals surface area contributed by atoms with Gasteiger partial charge in [-0.25, -0.2) is 4.79 Å². The van der Waals surface area contributed by atoms with Crippen LogP contribution in [-0.4, -0.2) is 40.8 Å². The molecule has 1 saturated heterocycles. The minimum Gasteiger partial charge on any atom is -0.444 e. The zero-order valence-corrected chi connectivity index (χ0v) is 12.3. The number of rotatable bonds is 3. The molecule has 20 heavy (non-hydrogen) atoms. The van der Waals surface area contributed by atoms with Gasteiger partial charge in [0, 0.05) is 18.9 Å². The molecule has 5 heteroatoms. The molecule has 1 aliphatic rings. The minimum absolute atomic E-state index is 0.0793. The molecule has 0 aliphatic carbocycles. The van der Waals surface area contributed by atoms with Crippen LogP contribution in [0.3, 0.4) is 0 Å². The Morgan fingerprint density at radius 3 is 2.75 bits per heavy atom. The Kier molecular flexibility index (Phi) is 4.60. The third-order valence-corrected chi connectivity index (χ3v) is 3.03. The van der Waals surface area contributed by atoms with Crippen molar-refractivity contribution >= 4 is 6.09 Å². The molecule has 0 radical (unpaired) electrons. The van der Waals surface area contributed by atoms with Crippen LogP contribution < -0.4 is 0 Å². The molecule has 0 aromatic carbocycles. The summed E-state index contributed by atoms with van der Waals surface area (Å²) in [4.78, 5) is 17.6. The fourth-order valence-corrected chi connectivity index (χ4v) is 2.05. The molecule has 2 rings (SSSR count). The molecule has 0 bridgehead atoms. The highest BCUT2D eigenvalue weighted by Gasteiger charge is 2.30. The normalized spacial score (nSPS) is 19.1. The third-order valence-electron chi connectivity index (χ3n) is 3.03. The van der Waals surface area contributed by atoms with E-state index in [2.05, 4.69) is 4.98 Å². The third kappa shape index (κ3) is 4.49. The molecular formula is C15H22N2O3. The molecule has 5 nitrogen and oxygen atoms in total. The van der Waals surface area contributed by atoms with E-state index in [1.54, 1.807) is 17.3 Å². The molecule has 1 aliphatic heterocycles. The number of carbonyl (C=O) groups excluding carboxylic acids is 1. The lowest BCUT2D eigenvalue weighted by Gasteiger charge is -2.24. The Bertz CT molecular complexity index is 442. The summed E-state index contributed by atoms with van der Waals surface area (Å²) < 4.78 is 11.2. The molecule has 1 aromatic heterocycles. The van der Waals surface area contributed by atoms with Gasteiger partial charge in [0.15, 0.2) is 0 Å². The number of amides is 1. The zero-order valence-electron chi connectivity index (χ0n) is 12.3. The van der Waals surface area contributed by atoms with E-state index in [9.17, 15) is 4.79 Å². The second-order valence-corrected chi connectivity index (χ2v) is 6.00. The molecule has 1 amide bonds. The molecule has 110 valence electrons. The molecule has 2 heterocycles. The summed E-state index contributed by atoms with van der Waals surface area (Å²) in [7, 11) is 0. The second kappa shape index (κ2) is 6.22. The van der Waals surface area contributed by atoms with Crippen molar-refractivity contribution in [3.8, 4) is 0 Å². The van der Waals surface area contributed by atoms with Gasteiger partial charge in [-0.1, -0.05) is 0 Å². The fraction of sp³-hybridized carbons (Fsp3) is 0.600. The Hall–Kier alpha value is -1.62. The number of hydrogen-bond donors (Lipinski definition) is 0. The van der Waals surface area contributed by atoms with Crippen LogP contribution in [0.15, 0.2) is 24.5 Å². The van der Waals surface area contributed by atoms with Gasteiger partial charge in [0.25, 0.3) is 0 Å². The SMILES string of the molecule is CC(C)(C)OC(=O)N1CC[C@@H](OCc2ccncc2)C1. The fourth-order valence-electron chi connectivity index (χ4n) is 2.05. The van der Waals surface area contributed by atoms with Crippen molar-refractivity contribution in [1.29, 1.82) is 0 Å². The number of nitrogens with zero attached hydrogens (tertiary/aromatic N) is 2. The van der Waals surface area contributed by atoms with Crippen LogP contribution in [-0.2, 0) is 16.1 Å². The van der Waals surface area contributed by atoms with Crippen molar-refractivity contribution in [2.45, 2.75) is 45.5 Å². The van der Waals surface area contributed by atoms with Crippen molar-refractivity contribution in [1.82, 2.24) is 9.88 Å². The van der Waals surface area contributed by atoms with E-state index in [-0.39, 0.29) is 12.2 Å². The summed E-state index contributed by atoms with van der Waals surface area (Å²) in [6.45, 7) is 7.46. The van der Waals surface area contributed by atoms with E-state index in [0.29, 0.717) is 19.7 Å². The van der Waals surface area contributed by atoms with Crippen LogP contribution in [0, 0.1) is 0 Å². The Morgan fingerprint density at radius 2 is 2.10 bits per heavy atom. The van der Waals surface area contributed by atoms with E-state index in [0.717, 1.165) is 12.0 Å². The predicted molar refractivity (Wildman–Crippen MR) is 75.2 cm³/mol. The Balaban J connectivity index is 1.76. The molecule has 0 unspecified atom stereocenters. The smallest absolute Gasteiger partial charge is 0.410 e. The van der Waals surface area contributed by atoms with Crippen molar-refractivity contribution in [2.75, 3.05) is 13.1 Å². The average Bonchev–Trinajstić information content (AvgIpc) is 2.84. The van der Waals surface area contributed by atoms with Crippen molar-refractivity contribution in [3.63, 3.8) is 0 Å². The van der Waals surface area contributed by atoms with E-state index in [1.165, 1.54) is 0 Å². The highest BCUT2D eigenvalue weighted by Crippen LogP contribution is 2.18. The molecule has 1 atom stereocenters. The lowest BCUT2D eigenvalue weighted by Crippen LogP contribution is -2.36. The van der Waals surface area contributed by atoms with Gasteiger partial charge in [-0.2, -0.15) is 0 Å². The summed E-state index contributed by atoms with van der Waals surface area (Å²) in [5.74, 6) is 0. The maximum Gasteiger partial charge on any atom is 0.410 e. The van der Waals surface area contributed by atoms with Crippen LogP contribution in [0.4, 0.5) is 4.79 Å². The average molecular weight is 278 g/mol. The Morgan fingerprint density at radius 1 is 1.40 bits per heavy atom. The molecule has 0 saturated carbocycles. The molecule has 1 fully saturated rings. The van der Waals surface area contributed by atoms with E-state index in [1.807, 2.05) is 32.9 Å². The monoisotopic (exact) mass is 278 g/mol. The number of carbonyl (C=O) groups is 1. The van der Waals surface area contributed by atoms with E-state index >= 15 is 0 Å². The lowest BCUT2D eigenvalue weighted by molar-refractivity contribution is 0.0184. The standard InChI is InChI=1S/C15H22N2O3/c1-15(2,3)20-14(18)17-9-6-13(10-17)19-11-12-4-7-16-8-5-12/h4-5,7-8,13H,6,9-11H2,1-3H3/t13-/m1/s1. The molecule has 0 spiro atoms. The first-order valence-electron chi connectivity index (χ1n) is 6.92. The topological polar surface area (TPSA) is 51.7 Å². The number of ether oxygens (including phenoxy) is 2. The van der Waals surface area contributed by atoms with Gasteiger partial charge in [-0.05, 0) is 44.9 Å². The first-order chi connectivity index (χ1) is 9.44. The summed E-state index contributed by atoms with van der Waals surface area (Å²) in [5.41, 5.74) is 0.642. The minimum atomic E-state index is -0.451. The highest BCUT2D eigenvalue weighted by molar-refractivity contribution is 5.68. The summed E-state index contributed by atoms with van der Waals surface area (Å²) in [5, 5.41) is 0. The highest BCUT2D eigenvalue weighted by atomic mass is 16.6. The maximum atomic E-state index is 11.9. The number of pyridine rings is 1. The molecule has 1 aromatic rings. The first kappa shape index (κ1) is 14.8. The van der Waals surface area contributed by atoms with Gasteiger partial charge in [-0.3, -0.25) is 4.98 Å². The van der Waals surface area contributed by atoms with E-state index in [4.69, 9.17) is 9.47 Å². The maximum absolute atomic E-state index is 11.9. The lowest BCUT2D eigenvalue weighted by atomic mass is 10.2. The number of hydrogen-bond acceptors (Lipinski definition) is 4. The second-order valence-electron chi connectivity index (χ2n) is 6.00. The predicted octanol–water partition coefficient (Wildman–Crippen LogP) is 2.61. The number of aromatic nitrogens is 1. The quantitative estimate of drug-likeness (QED) is 0.853. The summed E-state index contributed by atoms with van der Waals surface area (Å²) in [6, 6.07) is 3.86. The van der Waals surface area contributed by atoms with Crippen molar-refractivity contribution < 1.29 is 14.3 Å². The van der Waals surface area contributed by atoms with Gasteiger partial charge in [-0.15, -0.1) is 0 Å².